The lowest BCUT2D eigenvalue weighted by molar-refractivity contribution is 0.0886. The smallest absolute Gasteiger partial charge is 0.336 e. The van der Waals surface area contributed by atoms with Gasteiger partial charge in [0.15, 0.2) is 5.82 Å². The van der Waals surface area contributed by atoms with Crippen LogP contribution in [0.4, 0.5) is 0 Å². The van der Waals surface area contributed by atoms with Crippen molar-refractivity contribution in [2.45, 2.75) is 32.6 Å². The van der Waals surface area contributed by atoms with Crippen molar-refractivity contribution in [3.05, 3.63) is 17.5 Å². The fraction of sp³-hybridized carbons (Fsp3) is 0.500. The zero-order chi connectivity index (χ0) is 15.1. The quantitative estimate of drug-likeness (QED) is 0.546. The van der Waals surface area contributed by atoms with Crippen molar-refractivity contribution in [2.75, 3.05) is 12.5 Å². The molecule has 5 nitrogen and oxygen atoms in total. The van der Waals surface area contributed by atoms with Crippen molar-refractivity contribution in [1.29, 1.82) is 0 Å². The molecule has 0 atom stereocenters. The van der Waals surface area contributed by atoms with Crippen LogP contribution in [-0.4, -0.2) is 33.2 Å². The number of hydrogen-bond donors (Lipinski definition) is 0. The predicted molar refractivity (Wildman–Crippen MR) is 84.3 cm³/mol. The molecule has 0 aliphatic heterocycles. The van der Waals surface area contributed by atoms with Crippen LogP contribution >= 0.6 is 22.9 Å². The van der Waals surface area contributed by atoms with Gasteiger partial charge in [0.1, 0.15) is 0 Å². The van der Waals surface area contributed by atoms with E-state index in [1.807, 2.05) is 17.5 Å². The first kappa shape index (κ1) is 16.0. The molecule has 0 aromatic carbocycles. The van der Waals surface area contributed by atoms with E-state index in [-0.39, 0.29) is 11.9 Å². The van der Waals surface area contributed by atoms with Gasteiger partial charge >= 0.3 is 6.01 Å². The molecule has 114 valence electrons. The maximum Gasteiger partial charge on any atom is 0.336 e. The highest BCUT2D eigenvalue weighted by molar-refractivity contribution is 7.13. The molecule has 0 aliphatic rings. The Labute approximate surface area is 132 Å². The van der Waals surface area contributed by atoms with Crippen molar-refractivity contribution in [3.63, 3.8) is 0 Å². The molecule has 21 heavy (non-hydrogen) atoms. The molecule has 0 bridgehead atoms. The molecule has 7 heteroatoms. The fourth-order valence-electron chi connectivity index (χ4n) is 1.73. The van der Waals surface area contributed by atoms with E-state index in [1.165, 1.54) is 16.0 Å². The number of halogens is 1. The van der Waals surface area contributed by atoms with Crippen LogP contribution in [0.15, 0.2) is 17.5 Å². The molecule has 2 aromatic rings. The first-order valence-corrected chi connectivity index (χ1v) is 8.40. The summed E-state index contributed by atoms with van der Waals surface area (Å²) in [7, 11) is 0. The van der Waals surface area contributed by atoms with Crippen LogP contribution in [0.5, 0.6) is 6.01 Å². The molecule has 0 unspecified atom stereocenters. The standard InChI is InChI=1S/C14H18ClN3O2S/c1-2-3-9-20-14-16-13(11-6-5-10-21-11)18(17-14)12(19)7-4-8-15/h5-6,10H,2-4,7-9H2,1H3. The molecule has 2 heterocycles. The summed E-state index contributed by atoms with van der Waals surface area (Å²) < 4.78 is 6.84. The molecule has 2 aromatic heterocycles. The molecule has 0 N–H and O–H groups in total. The highest BCUT2D eigenvalue weighted by Gasteiger charge is 2.18. The average Bonchev–Trinajstić information content (AvgIpc) is 3.13. The Morgan fingerprint density at radius 1 is 1.48 bits per heavy atom. The zero-order valence-electron chi connectivity index (χ0n) is 11.9. The molecule has 0 aliphatic carbocycles. The van der Waals surface area contributed by atoms with Crippen molar-refractivity contribution < 1.29 is 9.53 Å². The maximum absolute atomic E-state index is 12.2. The number of carbonyl (C=O) groups excluding carboxylic acids is 1. The maximum atomic E-state index is 12.2. The third-order valence-electron chi connectivity index (χ3n) is 2.82. The SMILES string of the molecule is CCCCOc1nc(-c2cccs2)n(C(=O)CCCCl)n1. The van der Waals surface area contributed by atoms with Gasteiger partial charge in [0, 0.05) is 12.3 Å². The van der Waals surface area contributed by atoms with Crippen LogP contribution < -0.4 is 4.74 Å². The van der Waals surface area contributed by atoms with Crippen molar-refractivity contribution in [1.82, 2.24) is 14.8 Å². The predicted octanol–water partition coefficient (Wildman–Crippen LogP) is 3.84. The number of thiophene rings is 1. The van der Waals surface area contributed by atoms with Crippen LogP contribution in [0.2, 0.25) is 0 Å². The summed E-state index contributed by atoms with van der Waals surface area (Å²) in [6.45, 7) is 2.64. The van der Waals surface area contributed by atoms with Gasteiger partial charge in [-0.25, -0.2) is 0 Å². The highest BCUT2D eigenvalue weighted by atomic mass is 35.5. The lowest BCUT2D eigenvalue weighted by Gasteiger charge is -2.01. The van der Waals surface area contributed by atoms with Gasteiger partial charge in [0.2, 0.25) is 5.91 Å². The van der Waals surface area contributed by atoms with Crippen LogP contribution in [-0.2, 0) is 0 Å². The molecular formula is C14H18ClN3O2S. The molecule has 0 fully saturated rings. The topological polar surface area (TPSA) is 57.0 Å². The van der Waals surface area contributed by atoms with Crippen molar-refractivity contribution >= 4 is 28.8 Å². The zero-order valence-corrected chi connectivity index (χ0v) is 13.5. The monoisotopic (exact) mass is 327 g/mol. The second-order valence-electron chi connectivity index (χ2n) is 4.50. The average molecular weight is 328 g/mol. The summed E-state index contributed by atoms with van der Waals surface area (Å²) in [5, 5.41) is 6.13. The molecule has 0 saturated heterocycles. The fourth-order valence-corrected chi connectivity index (χ4v) is 2.56. The van der Waals surface area contributed by atoms with E-state index in [9.17, 15) is 4.79 Å². The summed E-state index contributed by atoms with van der Waals surface area (Å²) in [5.41, 5.74) is 0. The van der Waals surface area contributed by atoms with Crippen LogP contribution in [0, 0.1) is 0 Å². The minimum absolute atomic E-state index is 0.114. The largest absolute Gasteiger partial charge is 0.462 e. The number of unbranched alkanes of at least 4 members (excludes halogenated alkanes) is 1. The first-order valence-electron chi connectivity index (χ1n) is 6.99. The normalized spacial score (nSPS) is 10.8. The number of aromatic nitrogens is 3. The third kappa shape index (κ3) is 4.28. The minimum Gasteiger partial charge on any atom is -0.462 e. The van der Waals surface area contributed by atoms with E-state index in [0.29, 0.717) is 31.2 Å². The molecular weight excluding hydrogens is 310 g/mol. The lowest BCUT2D eigenvalue weighted by Crippen LogP contribution is -2.13. The van der Waals surface area contributed by atoms with Gasteiger partial charge < -0.3 is 4.74 Å². The van der Waals surface area contributed by atoms with Gasteiger partial charge in [-0.15, -0.1) is 28.0 Å². The van der Waals surface area contributed by atoms with Gasteiger partial charge in [-0.1, -0.05) is 19.4 Å². The number of carbonyl (C=O) groups is 1. The molecule has 0 radical (unpaired) electrons. The van der Waals surface area contributed by atoms with Crippen LogP contribution in [0.3, 0.4) is 0 Å². The van der Waals surface area contributed by atoms with E-state index >= 15 is 0 Å². The number of ether oxygens (including phenoxy) is 1. The van der Waals surface area contributed by atoms with E-state index in [0.717, 1.165) is 17.7 Å². The van der Waals surface area contributed by atoms with E-state index in [1.54, 1.807) is 0 Å². The first-order chi connectivity index (χ1) is 10.3. The second-order valence-corrected chi connectivity index (χ2v) is 5.82. The second kappa shape index (κ2) is 8.14. The Kier molecular flexibility index (Phi) is 6.20. The summed E-state index contributed by atoms with van der Waals surface area (Å²) in [6, 6.07) is 4.08. The minimum atomic E-state index is -0.114. The Hall–Kier alpha value is -1.40. The van der Waals surface area contributed by atoms with Crippen LogP contribution in [0.1, 0.15) is 37.4 Å². The molecule has 0 spiro atoms. The number of hydrogen-bond acceptors (Lipinski definition) is 5. The Morgan fingerprint density at radius 2 is 2.33 bits per heavy atom. The number of rotatable bonds is 8. The van der Waals surface area contributed by atoms with Crippen LogP contribution in [0.25, 0.3) is 10.7 Å². The molecule has 0 amide bonds. The highest BCUT2D eigenvalue weighted by Crippen LogP contribution is 2.25. The summed E-state index contributed by atoms with van der Waals surface area (Å²) in [6.07, 6.45) is 2.94. The summed E-state index contributed by atoms with van der Waals surface area (Å²) in [4.78, 5) is 17.4. The van der Waals surface area contributed by atoms with E-state index in [4.69, 9.17) is 16.3 Å². The summed E-state index contributed by atoms with van der Waals surface area (Å²) in [5.74, 6) is 0.877. The van der Waals surface area contributed by atoms with Crippen molar-refractivity contribution in [2.24, 2.45) is 0 Å². The Bertz CT molecular complexity index is 569. The van der Waals surface area contributed by atoms with Gasteiger partial charge in [0.05, 0.1) is 11.5 Å². The lowest BCUT2D eigenvalue weighted by atomic mass is 10.3. The number of alkyl halides is 1. The van der Waals surface area contributed by atoms with E-state index < -0.39 is 0 Å². The van der Waals surface area contributed by atoms with Crippen molar-refractivity contribution in [3.8, 4) is 16.7 Å². The molecule has 0 saturated carbocycles. The van der Waals surface area contributed by atoms with Gasteiger partial charge in [-0.3, -0.25) is 4.79 Å². The van der Waals surface area contributed by atoms with Gasteiger partial charge in [-0.05, 0) is 24.3 Å². The van der Waals surface area contributed by atoms with Gasteiger partial charge in [-0.2, -0.15) is 9.67 Å². The number of nitrogens with zero attached hydrogens (tertiary/aromatic N) is 3. The molecule has 2 rings (SSSR count). The Balaban J connectivity index is 2.21. The Morgan fingerprint density at radius 3 is 3.00 bits per heavy atom. The summed E-state index contributed by atoms with van der Waals surface area (Å²) >= 11 is 7.16. The third-order valence-corrected chi connectivity index (χ3v) is 3.95. The van der Waals surface area contributed by atoms with E-state index in [2.05, 4.69) is 17.0 Å². The van der Waals surface area contributed by atoms with Gasteiger partial charge in [0.25, 0.3) is 0 Å².